The summed E-state index contributed by atoms with van der Waals surface area (Å²) in [6.07, 6.45) is 0.930. The van der Waals surface area contributed by atoms with Gasteiger partial charge in [-0.05, 0) is 23.6 Å². The van der Waals surface area contributed by atoms with Gasteiger partial charge in [-0.2, -0.15) is 0 Å². The Morgan fingerprint density at radius 1 is 1.00 bits per heavy atom. The summed E-state index contributed by atoms with van der Waals surface area (Å²) in [5.41, 5.74) is 8.90. The van der Waals surface area contributed by atoms with Crippen molar-refractivity contribution >= 4 is 5.69 Å². The van der Waals surface area contributed by atoms with Crippen LogP contribution in [0.25, 0.3) is 0 Å². The van der Waals surface area contributed by atoms with E-state index in [2.05, 4.69) is 18.2 Å². The third-order valence-corrected chi connectivity index (χ3v) is 2.14. The molecule has 0 amide bonds. The lowest BCUT2D eigenvalue weighted by Crippen LogP contribution is -1.90. The minimum Gasteiger partial charge on any atom is -0.398 e. The van der Waals surface area contributed by atoms with Crippen LogP contribution < -0.4 is 5.73 Å². The standard InChI is InChI=1S/C13H12N/c14-13-8-4-7-12(10-13)9-11-5-2-1-3-6-11/h1-7,10H,9,14H2. The zero-order valence-electron chi connectivity index (χ0n) is 7.90. The van der Waals surface area contributed by atoms with E-state index in [0.29, 0.717) is 5.69 Å². The van der Waals surface area contributed by atoms with E-state index in [4.69, 9.17) is 5.73 Å². The molecule has 2 aromatic carbocycles. The number of hydrogen-bond acceptors (Lipinski definition) is 1. The van der Waals surface area contributed by atoms with Crippen molar-refractivity contribution in [3.8, 4) is 0 Å². The molecule has 1 nitrogen and oxygen atoms in total. The topological polar surface area (TPSA) is 26.0 Å². The van der Waals surface area contributed by atoms with E-state index >= 15 is 0 Å². The molecule has 0 spiro atoms. The van der Waals surface area contributed by atoms with Gasteiger partial charge >= 0.3 is 0 Å². The Morgan fingerprint density at radius 2 is 1.79 bits per heavy atom. The molecule has 0 aromatic heterocycles. The largest absolute Gasteiger partial charge is 0.398 e. The average Bonchev–Trinajstić information content (AvgIpc) is 2.19. The summed E-state index contributed by atoms with van der Waals surface area (Å²) in [7, 11) is 0. The molecule has 0 saturated carbocycles. The molecule has 1 radical (unpaired) electrons. The molecule has 14 heavy (non-hydrogen) atoms. The number of benzene rings is 2. The van der Waals surface area contributed by atoms with E-state index in [9.17, 15) is 0 Å². The molecule has 0 fully saturated rings. The van der Waals surface area contributed by atoms with Crippen molar-refractivity contribution in [2.24, 2.45) is 0 Å². The molecule has 2 N–H and O–H groups in total. The maximum Gasteiger partial charge on any atom is 0.0397 e. The average molecular weight is 182 g/mol. The van der Waals surface area contributed by atoms with Crippen molar-refractivity contribution in [2.75, 3.05) is 5.73 Å². The van der Waals surface area contributed by atoms with Crippen LogP contribution in [0.1, 0.15) is 11.1 Å². The summed E-state index contributed by atoms with van der Waals surface area (Å²) < 4.78 is 0. The molecule has 2 rings (SSSR count). The van der Waals surface area contributed by atoms with Crippen LogP contribution in [0.3, 0.4) is 0 Å². The molecule has 69 valence electrons. The van der Waals surface area contributed by atoms with E-state index in [-0.39, 0.29) is 0 Å². The van der Waals surface area contributed by atoms with E-state index in [1.54, 1.807) is 0 Å². The lowest BCUT2D eigenvalue weighted by molar-refractivity contribution is 1.19. The van der Waals surface area contributed by atoms with Crippen molar-refractivity contribution in [2.45, 2.75) is 6.42 Å². The van der Waals surface area contributed by atoms with Gasteiger partial charge in [0.15, 0.2) is 0 Å². The summed E-state index contributed by atoms with van der Waals surface area (Å²) >= 11 is 0. The van der Waals surface area contributed by atoms with Gasteiger partial charge in [0.05, 0.1) is 0 Å². The van der Waals surface area contributed by atoms with Gasteiger partial charge in [-0.25, -0.2) is 0 Å². The highest BCUT2D eigenvalue weighted by atomic mass is 14.5. The number of rotatable bonds is 2. The summed E-state index contributed by atoms with van der Waals surface area (Å²) in [5.74, 6) is 0. The second-order valence-electron chi connectivity index (χ2n) is 3.31. The number of nitrogens with two attached hydrogens (primary N) is 1. The first-order valence-electron chi connectivity index (χ1n) is 4.64. The summed E-state index contributed by atoms with van der Waals surface area (Å²) in [6, 6.07) is 19.2. The van der Waals surface area contributed by atoms with Gasteiger partial charge < -0.3 is 5.73 Å². The fourth-order valence-electron chi connectivity index (χ4n) is 1.48. The molecular weight excluding hydrogens is 170 g/mol. The van der Waals surface area contributed by atoms with Crippen LogP contribution in [-0.4, -0.2) is 0 Å². The maximum absolute atomic E-state index is 5.66. The molecule has 0 heterocycles. The normalized spacial score (nSPS) is 10.0. The number of hydrogen-bond donors (Lipinski definition) is 1. The zero-order chi connectivity index (χ0) is 9.80. The van der Waals surface area contributed by atoms with Crippen LogP contribution >= 0.6 is 0 Å². The third-order valence-electron chi connectivity index (χ3n) is 2.14. The monoisotopic (exact) mass is 182 g/mol. The molecule has 0 aliphatic heterocycles. The van der Waals surface area contributed by atoms with Gasteiger partial charge in [0.25, 0.3) is 0 Å². The van der Waals surface area contributed by atoms with E-state index in [0.717, 1.165) is 6.42 Å². The van der Waals surface area contributed by atoms with Crippen molar-refractivity contribution < 1.29 is 0 Å². The Balaban J connectivity index is 2.19. The SMILES string of the molecule is Nc1[c]ccc(Cc2ccccc2)c1. The van der Waals surface area contributed by atoms with Gasteiger partial charge in [0, 0.05) is 11.8 Å². The Bertz CT molecular complexity index is 407. The van der Waals surface area contributed by atoms with E-state index < -0.39 is 0 Å². The predicted octanol–water partition coefficient (Wildman–Crippen LogP) is 2.66. The van der Waals surface area contributed by atoms with Crippen LogP contribution in [0.15, 0.2) is 48.5 Å². The molecule has 0 saturated heterocycles. The molecule has 0 atom stereocenters. The molecular formula is C13H12N. The minimum atomic E-state index is 0.707. The Labute approximate surface area is 84.2 Å². The zero-order valence-corrected chi connectivity index (χ0v) is 7.90. The van der Waals surface area contributed by atoms with Crippen LogP contribution in [0, 0.1) is 6.07 Å². The van der Waals surface area contributed by atoms with Crippen LogP contribution in [0.5, 0.6) is 0 Å². The highest BCUT2D eigenvalue weighted by molar-refractivity contribution is 5.41. The van der Waals surface area contributed by atoms with Gasteiger partial charge in [0.1, 0.15) is 0 Å². The van der Waals surface area contributed by atoms with Crippen molar-refractivity contribution in [1.82, 2.24) is 0 Å². The molecule has 1 heteroatoms. The molecule has 0 bridgehead atoms. The first kappa shape index (κ1) is 8.82. The number of nitrogen functional groups attached to an aromatic ring is 1. The first-order chi connectivity index (χ1) is 6.84. The predicted molar refractivity (Wildman–Crippen MR) is 58.9 cm³/mol. The van der Waals surface area contributed by atoms with Gasteiger partial charge in [-0.3, -0.25) is 0 Å². The van der Waals surface area contributed by atoms with Gasteiger partial charge in [-0.1, -0.05) is 42.5 Å². The Morgan fingerprint density at radius 3 is 2.50 bits per heavy atom. The molecule has 2 aromatic rings. The van der Waals surface area contributed by atoms with E-state index in [1.807, 2.05) is 36.4 Å². The highest BCUT2D eigenvalue weighted by Crippen LogP contribution is 2.11. The maximum atomic E-state index is 5.66. The smallest absolute Gasteiger partial charge is 0.0397 e. The summed E-state index contributed by atoms with van der Waals surface area (Å²) in [4.78, 5) is 0. The Hall–Kier alpha value is -1.76. The van der Waals surface area contributed by atoms with E-state index in [1.165, 1.54) is 11.1 Å². The second-order valence-corrected chi connectivity index (χ2v) is 3.31. The lowest BCUT2D eigenvalue weighted by Gasteiger charge is -2.01. The van der Waals surface area contributed by atoms with Crippen LogP contribution in [-0.2, 0) is 6.42 Å². The lowest BCUT2D eigenvalue weighted by atomic mass is 10.0. The Kier molecular flexibility index (Phi) is 2.50. The van der Waals surface area contributed by atoms with Gasteiger partial charge in [0.2, 0.25) is 0 Å². The molecule has 0 aliphatic carbocycles. The molecule has 0 unspecified atom stereocenters. The van der Waals surface area contributed by atoms with Gasteiger partial charge in [-0.15, -0.1) is 0 Å². The quantitative estimate of drug-likeness (QED) is 0.710. The number of anilines is 1. The van der Waals surface area contributed by atoms with Crippen molar-refractivity contribution in [3.05, 3.63) is 65.7 Å². The third kappa shape index (κ3) is 2.13. The van der Waals surface area contributed by atoms with Crippen molar-refractivity contribution in [1.29, 1.82) is 0 Å². The highest BCUT2D eigenvalue weighted by Gasteiger charge is 1.95. The second kappa shape index (κ2) is 3.97. The molecule has 0 aliphatic rings. The minimum absolute atomic E-state index is 0.707. The van der Waals surface area contributed by atoms with Crippen LogP contribution in [0.2, 0.25) is 0 Å². The first-order valence-corrected chi connectivity index (χ1v) is 4.64. The summed E-state index contributed by atoms with van der Waals surface area (Å²) in [6.45, 7) is 0. The fraction of sp³-hybridized carbons (Fsp3) is 0.0769. The van der Waals surface area contributed by atoms with Crippen molar-refractivity contribution in [3.63, 3.8) is 0 Å². The van der Waals surface area contributed by atoms with Crippen LogP contribution in [0.4, 0.5) is 5.69 Å². The fourth-order valence-corrected chi connectivity index (χ4v) is 1.48. The summed E-state index contributed by atoms with van der Waals surface area (Å²) in [5, 5.41) is 0.